The van der Waals surface area contributed by atoms with Gasteiger partial charge in [0.25, 0.3) is 0 Å². The third kappa shape index (κ3) is 7.81. The molecule has 8 heteroatoms. The van der Waals surface area contributed by atoms with Crippen LogP contribution in [0.1, 0.15) is 29.0 Å². The third-order valence-electron chi connectivity index (χ3n) is 5.21. The minimum absolute atomic E-state index is 0.499. The van der Waals surface area contributed by atoms with Gasteiger partial charge in [-0.15, -0.1) is 0 Å². The van der Waals surface area contributed by atoms with E-state index < -0.39 is 12.1 Å². The van der Waals surface area contributed by atoms with Crippen molar-refractivity contribution in [1.29, 1.82) is 0 Å². The highest BCUT2D eigenvalue weighted by Crippen LogP contribution is 2.34. The molecule has 0 aliphatic carbocycles. The van der Waals surface area contributed by atoms with Crippen LogP contribution >= 0.6 is 0 Å². The molecule has 5 nitrogen and oxygen atoms in total. The highest BCUT2D eigenvalue weighted by atomic mass is 19.4. The zero-order chi connectivity index (χ0) is 24.4. The van der Waals surface area contributed by atoms with Crippen molar-refractivity contribution in [2.24, 2.45) is 0 Å². The summed E-state index contributed by atoms with van der Waals surface area (Å²) in [5, 5.41) is 10.6. The number of nitrogens with one attached hydrogen (secondary N) is 1. The standard InChI is InChI=1S/C24H25NO2.C2HF3O2/c1-3-7-19(8-4-1)17-26-22-11-12-23(21-13-14-25-16-21)24(15-22)27-18-20-9-5-2-6-10-20;3-2(4,5)1(6)7/h1-12,15,21,25H,13-14,16-18H2;(H,6,7). The van der Waals surface area contributed by atoms with Crippen molar-refractivity contribution in [2.75, 3.05) is 13.1 Å². The van der Waals surface area contributed by atoms with Crippen LogP contribution in [-0.2, 0) is 18.0 Å². The second-order valence-corrected chi connectivity index (χ2v) is 7.74. The number of benzene rings is 3. The molecule has 1 saturated heterocycles. The van der Waals surface area contributed by atoms with Crippen molar-refractivity contribution in [3.63, 3.8) is 0 Å². The van der Waals surface area contributed by atoms with Crippen LogP contribution in [0.4, 0.5) is 13.2 Å². The maximum Gasteiger partial charge on any atom is 0.490 e. The molecular weight excluding hydrogens is 447 g/mol. The highest BCUT2D eigenvalue weighted by molar-refractivity contribution is 5.73. The van der Waals surface area contributed by atoms with Crippen LogP contribution in [0.25, 0.3) is 0 Å². The molecule has 1 heterocycles. The molecule has 0 amide bonds. The highest BCUT2D eigenvalue weighted by Gasteiger charge is 2.38. The fourth-order valence-corrected chi connectivity index (χ4v) is 3.46. The number of halogens is 3. The Hall–Kier alpha value is -3.52. The zero-order valence-electron chi connectivity index (χ0n) is 18.4. The number of alkyl halides is 3. The molecule has 0 radical (unpaired) electrons. The average Bonchev–Trinajstić information content (AvgIpc) is 3.37. The summed E-state index contributed by atoms with van der Waals surface area (Å²) in [7, 11) is 0. The molecule has 1 fully saturated rings. The van der Waals surface area contributed by atoms with Crippen molar-refractivity contribution in [3.05, 3.63) is 95.6 Å². The van der Waals surface area contributed by atoms with Crippen LogP contribution in [0.5, 0.6) is 11.5 Å². The summed E-state index contributed by atoms with van der Waals surface area (Å²) in [5.74, 6) is -0.485. The van der Waals surface area contributed by atoms with Crippen molar-refractivity contribution < 1.29 is 32.5 Å². The lowest BCUT2D eigenvalue weighted by atomic mass is 9.97. The molecule has 1 aliphatic heterocycles. The Bertz CT molecular complexity index is 1040. The lowest BCUT2D eigenvalue weighted by Gasteiger charge is -2.17. The van der Waals surface area contributed by atoms with E-state index in [1.807, 2.05) is 42.5 Å². The van der Waals surface area contributed by atoms with Crippen LogP contribution in [0, 0.1) is 0 Å². The molecule has 4 rings (SSSR count). The van der Waals surface area contributed by atoms with E-state index >= 15 is 0 Å². The summed E-state index contributed by atoms with van der Waals surface area (Å²) in [5.41, 5.74) is 3.60. The Balaban J connectivity index is 0.000000406. The normalized spacial score (nSPS) is 15.2. The first-order valence-corrected chi connectivity index (χ1v) is 10.8. The molecule has 3 aromatic carbocycles. The number of aliphatic carboxylic acids is 1. The van der Waals surface area contributed by atoms with E-state index in [1.54, 1.807) is 0 Å². The van der Waals surface area contributed by atoms with E-state index in [4.69, 9.17) is 19.4 Å². The lowest BCUT2D eigenvalue weighted by Crippen LogP contribution is -2.21. The first-order valence-electron chi connectivity index (χ1n) is 10.8. The van der Waals surface area contributed by atoms with E-state index in [1.165, 1.54) is 11.1 Å². The van der Waals surface area contributed by atoms with Gasteiger partial charge in [0.05, 0.1) is 0 Å². The molecule has 180 valence electrons. The van der Waals surface area contributed by atoms with Gasteiger partial charge in [0, 0.05) is 18.5 Å². The van der Waals surface area contributed by atoms with E-state index in [-0.39, 0.29) is 0 Å². The average molecular weight is 473 g/mol. The van der Waals surface area contributed by atoms with Crippen LogP contribution < -0.4 is 14.8 Å². The summed E-state index contributed by atoms with van der Waals surface area (Å²) in [6.45, 7) is 3.19. The molecule has 34 heavy (non-hydrogen) atoms. The van der Waals surface area contributed by atoms with E-state index in [0.29, 0.717) is 19.1 Å². The Labute approximate surface area is 196 Å². The largest absolute Gasteiger partial charge is 0.490 e. The number of carboxylic acids is 1. The lowest BCUT2D eigenvalue weighted by molar-refractivity contribution is -0.192. The van der Waals surface area contributed by atoms with Crippen LogP contribution in [-0.4, -0.2) is 30.3 Å². The monoisotopic (exact) mass is 473 g/mol. The minimum atomic E-state index is -5.08. The van der Waals surface area contributed by atoms with Gasteiger partial charge >= 0.3 is 12.1 Å². The third-order valence-corrected chi connectivity index (χ3v) is 5.21. The second-order valence-electron chi connectivity index (χ2n) is 7.74. The Morgan fingerprint density at radius 2 is 1.47 bits per heavy atom. The summed E-state index contributed by atoms with van der Waals surface area (Å²) < 4.78 is 44.0. The quantitative estimate of drug-likeness (QED) is 0.471. The Morgan fingerprint density at radius 3 is 1.97 bits per heavy atom. The van der Waals surface area contributed by atoms with Gasteiger partial charge in [0.15, 0.2) is 0 Å². The molecule has 3 aromatic rings. The molecule has 2 N–H and O–H groups in total. The van der Waals surface area contributed by atoms with Crippen LogP contribution in [0.2, 0.25) is 0 Å². The number of hydrogen-bond donors (Lipinski definition) is 2. The van der Waals surface area contributed by atoms with Crippen molar-refractivity contribution >= 4 is 5.97 Å². The first-order chi connectivity index (χ1) is 16.3. The maximum absolute atomic E-state index is 10.6. The second kappa shape index (κ2) is 12.1. The minimum Gasteiger partial charge on any atom is -0.489 e. The maximum atomic E-state index is 10.6. The van der Waals surface area contributed by atoms with Gasteiger partial charge in [-0.2, -0.15) is 13.2 Å². The van der Waals surface area contributed by atoms with Gasteiger partial charge in [0.1, 0.15) is 24.7 Å². The van der Waals surface area contributed by atoms with Gasteiger partial charge in [-0.05, 0) is 35.7 Å². The number of carboxylic acid groups (broad SMARTS) is 1. The number of carbonyl (C=O) groups is 1. The molecule has 1 atom stereocenters. The predicted octanol–water partition coefficient (Wildman–Crippen LogP) is 5.55. The van der Waals surface area contributed by atoms with Crippen molar-refractivity contribution in [3.8, 4) is 11.5 Å². The zero-order valence-corrected chi connectivity index (χ0v) is 18.4. The number of rotatable bonds is 7. The van der Waals surface area contributed by atoms with Crippen LogP contribution in [0.3, 0.4) is 0 Å². The van der Waals surface area contributed by atoms with Gasteiger partial charge in [-0.3, -0.25) is 0 Å². The molecule has 0 saturated carbocycles. The fourth-order valence-electron chi connectivity index (χ4n) is 3.46. The Morgan fingerprint density at radius 1 is 0.912 bits per heavy atom. The van der Waals surface area contributed by atoms with E-state index in [2.05, 4.69) is 41.7 Å². The van der Waals surface area contributed by atoms with Gasteiger partial charge in [-0.25, -0.2) is 4.79 Å². The number of ether oxygens (including phenoxy) is 2. The predicted molar refractivity (Wildman–Crippen MR) is 122 cm³/mol. The molecule has 1 unspecified atom stereocenters. The van der Waals surface area contributed by atoms with Gasteiger partial charge in [0.2, 0.25) is 0 Å². The smallest absolute Gasteiger partial charge is 0.489 e. The van der Waals surface area contributed by atoms with Crippen LogP contribution in [0.15, 0.2) is 78.9 Å². The van der Waals surface area contributed by atoms with Gasteiger partial charge < -0.3 is 19.9 Å². The topological polar surface area (TPSA) is 67.8 Å². The SMILES string of the molecule is O=C(O)C(F)(F)F.c1ccc(COc2ccc(C3CCNC3)c(OCc3ccccc3)c2)cc1. The molecule has 1 aliphatic rings. The van der Waals surface area contributed by atoms with Gasteiger partial charge in [-0.1, -0.05) is 66.7 Å². The van der Waals surface area contributed by atoms with Crippen molar-refractivity contribution in [2.45, 2.75) is 31.7 Å². The van der Waals surface area contributed by atoms with Crippen molar-refractivity contribution in [1.82, 2.24) is 5.32 Å². The summed E-state index contributed by atoms with van der Waals surface area (Å²) in [6, 6.07) is 26.8. The first kappa shape index (κ1) is 25.1. The molecule has 0 spiro atoms. The molecular formula is C26H26F3NO4. The molecule has 0 aromatic heterocycles. The number of hydrogen-bond acceptors (Lipinski definition) is 4. The van der Waals surface area contributed by atoms with E-state index in [9.17, 15) is 13.2 Å². The van der Waals surface area contributed by atoms with E-state index in [0.717, 1.165) is 36.6 Å². The Kier molecular flexibility index (Phi) is 8.93. The summed E-state index contributed by atoms with van der Waals surface area (Å²) >= 11 is 0. The fraction of sp³-hybridized carbons (Fsp3) is 0.269. The summed E-state index contributed by atoms with van der Waals surface area (Å²) in [6.07, 6.45) is -3.94. The summed E-state index contributed by atoms with van der Waals surface area (Å²) in [4.78, 5) is 8.90. The molecule has 0 bridgehead atoms.